The number of aryl methyl sites for hydroxylation is 2. The third-order valence-corrected chi connectivity index (χ3v) is 5.78. The van der Waals surface area contributed by atoms with E-state index in [-0.39, 0.29) is 0 Å². The number of thiazole rings is 1. The fourth-order valence-electron chi connectivity index (χ4n) is 3.35. The predicted octanol–water partition coefficient (Wildman–Crippen LogP) is 3.22. The Morgan fingerprint density at radius 3 is 2.80 bits per heavy atom. The maximum atomic E-state index is 4.33. The summed E-state index contributed by atoms with van der Waals surface area (Å²) in [6.45, 7) is 5.11. The van der Waals surface area contributed by atoms with Gasteiger partial charge in [-0.3, -0.25) is 4.68 Å². The second kappa shape index (κ2) is 6.98. The maximum Gasteiger partial charge on any atom is 0.0801 e. The number of nitrogens with one attached hydrogen (secondary N) is 1. The summed E-state index contributed by atoms with van der Waals surface area (Å²) in [6, 6.07) is 9.37. The molecule has 3 aromatic rings. The van der Waals surface area contributed by atoms with Gasteiger partial charge in [-0.05, 0) is 24.5 Å². The molecule has 1 saturated heterocycles. The molecule has 0 bridgehead atoms. The van der Waals surface area contributed by atoms with E-state index < -0.39 is 0 Å². The van der Waals surface area contributed by atoms with Crippen LogP contribution in [0.3, 0.4) is 0 Å². The summed E-state index contributed by atoms with van der Waals surface area (Å²) in [5, 5.41) is 7.96. The fourth-order valence-corrected chi connectivity index (χ4v) is 4.16. The summed E-state index contributed by atoms with van der Waals surface area (Å²) in [5.74, 6) is 0. The Labute approximate surface area is 152 Å². The molecule has 0 amide bonds. The van der Waals surface area contributed by atoms with Crippen molar-refractivity contribution in [1.29, 1.82) is 0 Å². The van der Waals surface area contributed by atoms with Crippen molar-refractivity contribution in [2.24, 2.45) is 7.05 Å². The Morgan fingerprint density at radius 1 is 1.28 bits per heavy atom. The van der Waals surface area contributed by atoms with Gasteiger partial charge in [0.05, 0.1) is 28.0 Å². The zero-order chi connectivity index (χ0) is 17.2. The minimum absolute atomic E-state index is 0.531. The Kier molecular flexibility index (Phi) is 4.55. The van der Waals surface area contributed by atoms with Crippen LogP contribution in [0.5, 0.6) is 0 Å². The van der Waals surface area contributed by atoms with Gasteiger partial charge in [0.25, 0.3) is 0 Å². The lowest BCUT2D eigenvalue weighted by molar-refractivity contribution is 0.551. The smallest absolute Gasteiger partial charge is 0.0801 e. The molecule has 4 rings (SSSR count). The summed E-state index contributed by atoms with van der Waals surface area (Å²) < 4.78 is 1.86. The first-order chi connectivity index (χ1) is 12.2. The van der Waals surface area contributed by atoms with Crippen LogP contribution in [0.15, 0.2) is 42.2 Å². The van der Waals surface area contributed by atoms with E-state index in [1.165, 1.54) is 28.1 Å². The first-order valence-corrected chi connectivity index (χ1v) is 9.53. The van der Waals surface area contributed by atoms with Gasteiger partial charge in [0.15, 0.2) is 0 Å². The Balaban J connectivity index is 1.32. The highest BCUT2D eigenvalue weighted by Gasteiger charge is 2.22. The highest BCUT2D eigenvalue weighted by molar-refractivity contribution is 7.13. The molecule has 3 heterocycles. The zero-order valence-corrected chi connectivity index (χ0v) is 15.5. The van der Waals surface area contributed by atoms with Crippen LogP contribution in [0.1, 0.15) is 17.7 Å². The van der Waals surface area contributed by atoms with Gasteiger partial charge < -0.3 is 10.2 Å². The largest absolute Gasteiger partial charge is 0.367 e. The standard InChI is InChI=1S/C19H23N5S/c1-14-19(25-13-21-14)16-5-3-15(4-6-16)9-20-17-7-8-24(11-17)18-10-22-23(2)12-18/h3-6,10,12-13,17,20H,7-9,11H2,1-2H3. The van der Waals surface area contributed by atoms with E-state index in [9.17, 15) is 0 Å². The number of anilines is 1. The normalized spacial score (nSPS) is 17.4. The van der Waals surface area contributed by atoms with Crippen LogP contribution in [-0.2, 0) is 13.6 Å². The maximum absolute atomic E-state index is 4.33. The third-order valence-electron chi connectivity index (χ3n) is 4.80. The van der Waals surface area contributed by atoms with Crippen molar-refractivity contribution >= 4 is 17.0 Å². The Hall–Kier alpha value is -2.18. The van der Waals surface area contributed by atoms with E-state index in [0.29, 0.717) is 6.04 Å². The highest BCUT2D eigenvalue weighted by atomic mass is 32.1. The molecule has 1 aromatic carbocycles. The van der Waals surface area contributed by atoms with Crippen LogP contribution in [0.25, 0.3) is 10.4 Å². The van der Waals surface area contributed by atoms with E-state index in [1.54, 1.807) is 11.3 Å². The lowest BCUT2D eigenvalue weighted by Gasteiger charge is -2.17. The van der Waals surface area contributed by atoms with E-state index in [1.807, 2.05) is 23.4 Å². The molecular weight excluding hydrogens is 330 g/mol. The monoisotopic (exact) mass is 353 g/mol. The predicted molar refractivity (Wildman–Crippen MR) is 103 cm³/mol. The molecule has 25 heavy (non-hydrogen) atoms. The second-order valence-corrected chi connectivity index (χ2v) is 7.50. The van der Waals surface area contributed by atoms with Crippen LogP contribution in [0.4, 0.5) is 5.69 Å². The quantitative estimate of drug-likeness (QED) is 0.765. The molecule has 130 valence electrons. The average molecular weight is 353 g/mol. The van der Waals surface area contributed by atoms with Crippen LogP contribution < -0.4 is 10.2 Å². The van der Waals surface area contributed by atoms with E-state index in [2.05, 4.69) is 57.7 Å². The van der Waals surface area contributed by atoms with Gasteiger partial charge in [-0.2, -0.15) is 5.10 Å². The number of aromatic nitrogens is 3. The molecule has 1 N–H and O–H groups in total. The molecule has 0 spiro atoms. The topological polar surface area (TPSA) is 46.0 Å². The summed E-state index contributed by atoms with van der Waals surface area (Å²) in [5.41, 5.74) is 6.82. The summed E-state index contributed by atoms with van der Waals surface area (Å²) >= 11 is 1.70. The first-order valence-electron chi connectivity index (χ1n) is 8.65. The van der Waals surface area contributed by atoms with Crippen molar-refractivity contribution in [3.8, 4) is 10.4 Å². The molecule has 1 aliphatic heterocycles. The van der Waals surface area contributed by atoms with Gasteiger partial charge >= 0.3 is 0 Å². The van der Waals surface area contributed by atoms with E-state index >= 15 is 0 Å². The van der Waals surface area contributed by atoms with Gasteiger partial charge in [-0.1, -0.05) is 24.3 Å². The van der Waals surface area contributed by atoms with Gasteiger partial charge in [0.2, 0.25) is 0 Å². The number of hydrogen-bond donors (Lipinski definition) is 1. The van der Waals surface area contributed by atoms with Gasteiger partial charge in [-0.25, -0.2) is 4.98 Å². The summed E-state index contributed by atoms with van der Waals surface area (Å²) in [4.78, 5) is 8.00. The second-order valence-electron chi connectivity index (χ2n) is 6.65. The zero-order valence-electron chi connectivity index (χ0n) is 14.6. The van der Waals surface area contributed by atoms with Crippen molar-refractivity contribution in [2.45, 2.75) is 25.9 Å². The summed E-state index contributed by atoms with van der Waals surface area (Å²) in [7, 11) is 1.96. The van der Waals surface area contributed by atoms with E-state index in [4.69, 9.17) is 0 Å². The molecule has 1 atom stereocenters. The summed E-state index contributed by atoms with van der Waals surface area (Å²) in [6.07, 6.45) is 5.21. The van der Waals surface area contributed by atoms with Crippen molar-refractivity contribution in [3.05, 3.63) is 53.4 Å². The SMILES string of the molecule is Cc1ncsc1-c1ccc(CNC2CCN(c3cnn(C)c3)C2)cc1. The Bertz CT molecular complexity index is 836. The van der Waals surface area contributed by atoms with Gasteiger partial charge in [0, 0.05) is 38.9 Å². The van der Waals surface area contributed by atoms with Gasteiger partial charge in [-0.15, -0.1) is 11.3 Å². The van der Waals surface area contributed by atoms with Crippen molar-refractivity contribution in [2.75, 3.05) is 18.0 Å². The number of hydrogen-bond acceptors (Lipinski definition) is 5. The minimum atomic E-state index is 0.531. The molecule has 0 radical (unpaired) electrons. The van der Waals surface area contributed by atoms with Gasteiger partial charge in [0.1, 0.15) is 0 Å². The Morgan fingerprint density at radius 2 is 2.12 bits per heavy atom. The van der Waals surface area contributed by atoms with Crippen molar-refractivity contribution in [1.82, 2.24) is 20.1 Å². The highest BCUT2D eigenvalue weighted by Crippen LogP contribution is 2.27. The van der Waals surface area contributed by atoms with E-state index in [0.717, 1.165) is 25.3 Å². The molecule has 5 nitrogen and oxygen atoms in total. The van der Waals surface area contributed by atoms with Crippen LogP contribution in [-0.4, -0.2) is 33.9 Å². The number of nitrogens with zero attached hydrogens (tertiary/aromatic N) is 4. The molecule has 1 unspecified atom stereocenters. The lowest BCUT2D eigenvalue weighted by Crippen LogP contribution is -2.32. The van der Waals surface area contributed by atoms with Crippen molar-refractivity contribution in [3.63, 3.8) is 0 Å². The number of rotatable bonds is 5. The third kappa shape index (κ3) is 3.60. The molecule has 0 saturated carbocycles. The first kappa shape index (κ1) is 16.3. The van der Waals surface area contributed by atoms with Crippen LogP contribution in [0, 0.1) is 6.92 Å². The molecule has 1 fully saturated rings. The minimum Gasteiger partial charge on any atom is -0.367 e. The van der Waals surface area contributed by atoms with Crippen LogP contribution >= 0.6 is 11.3 Å². The van der Waals surface area contributed by atoms with Crippen LogP contribution in [0.2, 0.25) is 0 Å². The number of benzene rings is 1. The average Bonchev–Trinajstić information content (AvgIpc) is 3.34. The molecular formula is C19H23N5S. The molecule has 6 heteroatoms. The lowest BCUT2D eigenvalue weighted by atomic mass is 10.1. The molecule has 1 aliphatic rings. The fraction of sp³-hybridized carbons (Fsp3) is 0.368. The van der Waals surface area contributed by atoms with Crippen molar-refractivity contribution < 1.29 is 0 Å². The molecule has 2 aromatic heterocycles. The molecule has 0 aliphatic carbocycles.